The zero-order valence-corrected chi connectivity index (χ0v) is 9.34. The number of hydrogen-bond donors (Lipinski definition) is 1. The fourth-order valence-electron chi connectivity index (χ4n) is 2.70. The van der Waals surface area contributed by atoms with Crippen molar-refractivity contribution < 1.29 is 0 Å². The molecular formula is C11H23N3. The standard InChI is InChI=1S/C11H23N3/c1-13-8-4-11(12,10-13)5-9-14-6-2-3-7-14/h2-10,12H2,1H3. The molecule has 82 valence electrons. The molecule has 2 fully saturated rings. The van der Waals surface area contributed by atoms with Crippen molar-refractivity contribution in [3.05, 3.63) is 0 Å². The number of likely N-dealkylation sites (N-methyl/N-ethyl adjacent to an activating group) is 1. The Labute approximate surface area is 87.2 Å². The Kier molecular flexibility index (Phi) is 3.10. The van der Waals surface area contributed by atoms with Gasteiger partial charge in [0.2, 0.25) is 0 Å². The normalized spacial score (nSPS) is 35.6. The van der Waals surface area contributed by atoms with Crippen LogP contribution in [0.1, 0.15) is 25.7 Å². The lowest BCUT2D eigenvalue weighted by Gasteiger charge is -2.26. The molecular weight excluding hydrogens is 174 g/mol. The summed E-state index contributed by atoms with van der Waals surface area (Å²) in [5, 5.41) is 0. The number of rotatable bonds is 3. The summed E-state index contributed by atoms with van der Waals surface area (Å²) in [6, 6.07) is 0. The second-order valence-corrected chi connectivity index (χ2v) is 5.15. The van der Waals surface area contributed by atoms with Crippen LogP contribution < -0.4 is 5.73 Å². The largest absolute Gasteiger partial charge is 0.324 e. The molecule has 2 heterocycles. The molecule has 0 radical (unpaired) electrons. The van der Waals surface area contributed by atoms with Gasteiger partial charge in [-0.1, -0.05) is 0 Å². The monoisotopic (exact) mass is 197 g/mol. The molecule has 3 nitrogen and oxygen atoms in total. The average Bonchev–Trinajstić information content (AvgIpc) is 2.73. The van der Waals surface area contributed by atoms with Crippen molar-refractivity contribution in [3.8, 4) is 0 Å². The third-order valence-electron chi connectivity index (χ3n) is 3.70. The summed E-state index contributed by atoms with van der Waals surface area (Å²) in [5.74, 6) is 0. The molecule has 14 heavy (non-hydrogen) atoms. The van der Waals surface area contributed by atoms with Crippen LogP contribution in [0, 0.1) is 0 Å². The van der Waals surface area contributed by atoms with Crippen LogP contribution in [0.4, 0.5) is 0 Å². The van der Waals surface area contributed by atoms with Crippen LogP contribution in [0.2, 0.25) is 0 Å². The highest BCUT2D eigenvalue weighted by molar-refractivity contribution is 4.94. The lowest BCUT2D eigenvalue weighted by atomic mass is 9.95. The zero-order valence-electron chi connectivity index (χ0n) is 9.34. The Balaban J connectivity index is 1.73. The van der Waals surface area contributed by atoms with Crippen LogP contribution in [0.15, 0.2) is 0 Å². The third-order valence-corrected chi connectivity index (χ3v) is 3.70. The van der Waals surface area contributed by atoms with Crippen molar-refractivity contribution in [3.63, 3.8) is 0 Å². The van der Waals surface area contributed by atoms with E-state index < -0.39 is 0 Å². The first kappa shape index (κ1) is 10.4. The van der Waals surface area contributed by atoms with Gasteiger partial charge >= 0.3 is 0 Å². The fourth-order valence-corrected chi connectivity index (χ4v) is 2.70. The van der Waals surface area contributed by atoms with Gasteiger partial charge in [-0.25, -0.2) is 0 Å². The molecule has 2 aliphatic heterocycles. The highest BCUT2D eigenvalue weighted by Gasteiger charge is 2.32. The second kappa shape index (κ2) is 4.17. The van der Waals surface area contributed by atoms with Gasteiger partial charge in [0.15, 0.2) is 0 Å². The van der Waals surface area contributed by atoms with Crippen molar-refractivity contribution in [2.45, 2.75) is 31.2 Å². The van der Waals surface area contributed by atoms with Crippen molar-refractivity contribution in [1.82, 2.24) is 9.80 Å². The lowest BCUT2D eigenvalue weighted by Crippen LogP contribution is -2.44. The van der Waals surface area contributed by atoms with E-state index >= 15 is 0 Å². The topological polar surface area (TPSA) is 32.5 Å². The number of nitrogens with zero attached hydrogens (tertiary/aromatic N) is 2. The van der Waals surface area contributed by atoms with Gasteiger partial charge in [-0.15, -0.1) is 0 Å². The van der Waals surface area contributed by atoms with Gasteiger partial charge in [-0.05, 0) is 58.9 Å². The maximum Gasteiger partial charge on any atom is 0.0307 e. The van der Waals surface area contributed by atoms with Crippen LogP contribution in [-0.2, 0) is 0 Å². The zero-order chi connectivity index (χ0) is 10.0. The molecule has 0 aromatic carbocycles. The second-order valence-electron chi connectivity index (χ2n) is 5.15. The van der Waals surface area contributed by atoms with E-state index in [0.717, 1.165) is 6.54 Å². The Morgan fingerprint density at radius 1 is 1.21 bits per heavy atom. The van der Waals surface area contributed by atoms with E-state index in [-0.39, 0.29) is 5.54 Å². The first-order valence-electron chi connectivity index (χ1n) is 5.88. The molecule has 0 aromatic heterocycles. The van der Waals surface area contributed by atoms with Crippen molar-refractivity contribution in [2.75, 3.05) is 39.8 Å². The third kappa shape index (κ3) is 2.47. The van der Waals surface area contributed by atoms with Crippen LogP contribution in [0.25, 0.3) is 0 Å². The van der Waals surface area contributed by atoms with E-state index in [1.165, 1.54) is 51.9 Å². The van der Waals surface area contributed by atoms with E-state index in [2.05, 4.69) is 16.8 Å². The fraction of sp³-hybridized carbons (Fsp3) is 1.00. The Bertz CT molecular complexity index is 189. The van der Waals surface area contributed by atoms with Crippen LogP contribution in [-0.4, -0.2) is 55.1 Å². The van der Waals surface area contributed by atoms with E-state index in [0.29, 0.717) is 0 Å². The van der Waals surface area contributed by atoms with Gasteiger partial charge in [-0.3, -0.25) is 0 Å². The van der Waals surface area contributed by atoms with Gasteiger partial charge < -0.3 is 15.5 Å². The summed E-state index contributed by atoms with van der Waals surface area (Å²) >= 11 is 0. The van der Waals surface area contributed by atoms with E-state index in [1.807, 2.05) is 0 Å². The van der Waals surface area contributed by atoms with Gasteiger partial charge in [0.05, 0.1) is 0 Å². The molecule has 2 rings (SSSR count). The number of likely N-dealkylation sites (tertiary alicyclic amines) is 2. The molecule has 2 saturated heterocycles. The average molecular weight is 197 g/mol. The maximum absolute atomic E-state index is 6.36. The molecule has 0 aliphatic carbocycles. The maximum atomic E-state index is 6.36. The molecule has 1 unspecified atom stereocenters. The molecule has 2 N–H and O–H groups in total. The van der Waals surface area contributed by atoms with Crippen LogP contribution in [0.5, 0.6) is 0 Å². The summed E-state index contributed by atoms with van der Waals surface area (Å²) in [6.45, 7) is 6.07. The van der Waals surface area contributed by atoms with Gasteiger partial charge in [0.25, 0.3) is 0 Å². The van der Waals surface area contributed by atoms with E-state index in [4.69, 9.17) is 5.73 Å². The molecule has 0 aromatic rings. The summed E-state index contributed by atoms with van der Waals surface area (Å²) in [7, 11) is 2.17. The molecule has 3 heteroatoms. The minimum absolute atomic E-state index is 0.108. The Morgan fingerprint density at radius 3 is 2.50 bits per heavy atom. The molecule has 1 atom stereocenters. The van der Waals surface area contributed by atoms with Crippen LogP contribution >= 0.6 is 0 Å². The minimum atomic E-state index is 0.108. The van der Waals surface area contributed by atoms with Crippen LogP contribution in [0.3, 0.4) is 0 Å². The number of hydrogen-bond acceptors (Lipinski definition) is 3. The van der Waals surface area contributed by atoms with Crippen molar-refractivity contribution in [1.29, 1.82) is 0 Å². The lowest BCUT2D eigenvalue weighted by molar-refractivity contribution is 0.276. The Morgan fingerprint density at radius 2 is 1.93 bits per heavy atom. The molecule has 2 aliphatic rings. The smallest absolute Gasteiger partial charge is 0.0307 e. The van der Waals surface area contributed by atoms with E-state index in [1.54, 1.807) is 0 Å². The first-order valence-corrected chi connectivity index (χ1v) is 5.88. The highest BCUT2D eigenvalue weighted by atomic mass is 15.2. The van der Waals surface area contributed by atoms with Gasteiger partial charge in [0.1, 0.15) is 0 Å². The summed E-state index contributed by atoms with van der Waals surface area (Å²) in [5.41, 5.74) is 6.47. The summed E-state index contributed by atoms with van der Waals surface area (Å²) in [6.07, 6.45) is 5.13. The highest BCUT2D eigenvalue weighted by Crippen LogP contribution is 2.22. The minimum Gasteiger partial charge on any atom is -0.324 e. The number of nitrogens with two attached hydrogens (primary N) is 1. The van der Waals surface area contributed by atoms with E-state index in [9.17, 15) is 0 Å². The van der Waals surface area contributed by atoms with Crippen molar-refractivity contribution >= 4 is 0 Å². The SMILES string of the molecule is CN1CCC(N)(CCN2CCCC2)C1. The van der Waals surface area contributed by atoms with Crippen molar-refractivity contribution in [2.24, 2.45) is 5.73 Å². The Hall–Kier alpha value is -0.120. The summed E-state index contributed by atoms with van der Waals surface area (Å²) < 4.78 is 0. The first-order chi connectivity index (χ1) is 6.68. The van der Waals surface area contributed by atoms with Gasteiger partial charge in [0, 0.05) is 12.1 Å². The van der Waals surface area contributed by atoms with Gasteiger partial charge in [-0.2, -0.15) is 0 Å². The summed E-state index contributed by atoms with van der Waals surface area (Å²) in [4.78, 5) is 4.91. The molecule has 0 saturated carbocycles. The quantitative estimate of drug-likeness (QED) is 0.715. The molecule has 0 bridgehead atoms. The predicted molar refractivity (Wildman–Crippen MR) is 59.3 cm³/mol. The predicted octanol–water partition coefficient (Wildman–Crippen LogP) is 0.505. The molecule has 0 spiro atoms. The molecule has 0 amide bonds.